The first-order valence-electron chi connectivity index (χ1n) is 6.41. The summed E-state index contributed by atoms with van der Waals surface area (Å²) in [6.45, 7) is 1.49. The highest BCUT2D eigenvalue weighted by atomic mass is 79.9. The summed E-state index contributed by atoms with van der Waals surface area (Å²) in [5, 5.41) is 3.08. The van der Waals surface area contributed by atoms with Crippen molar-refractivity contribution in [1.29, 1.82) is 0 Å². The number of alkyl halides is 1. The molecule has 0 spiro atoms. The molecule has 110 valence electrons. The summed E-state index contributed by atoms with van der Waals surface area (Å²) in [5.41, 5.74) is 0.546. The van der Waals surface area contributed by atoms with Crippen LogP contribution in [0, 0.1) is 18.6 Å². The Morgan fingerprint density at radius 3 is 2.48 bits per heavy atom. The van der Waals surface area contributed by atoms with E-state index in [0.29, 0.717) is 5.33 Å². The van der Waals surface area contributed by atoms with E-state index in [0.717, 1.165) is 11.6 Å². The first-order chi connectivity index (χ1) is 10.0. The van der Waals surface area contributed by atoms with Gasteiger partial charge in [0.2, 0.25) is 0 Å². The molecule has 0 radical (unpaired) electrons. The molecule has 0 aliphatic heterocycles. The van der Waals surface area contributed by atoms with Gasteiger partial charge in [-0.1, -0.05) is 52.3 Å². The maximum absolute atomic E-state index is 14.0. The molecule has 0 fully saturated rings. The second kappa shape index (κ2) is 6.80. The monoisotopic (exact) mass is 353 g/mol. The molecule has 1 N–H and O–H groups in total. The summed E-state index contributed by atoms with van der Waals surface area (Å²) < 4.78 is 27.7. The van der Waals surface area contributed by atoms with Gasteiger partial charge in [-0.3, -0.25) is 4.79 Å². The van der Waals surface area contributed by atoms with Gasteiger partial charge < -0.3 is 5.32 Å². The molecule has 21 heavy (non-hydrogen) atoms. The standard InChI is InChI=1S/C16H14BrF2NO/c1-10-7-8-12(18)14(15(10)19)16(21)20-13(9-17)11-5-3-2-4-6-11/h2-8,13H,9H2,1H3,(H,20,21). The van der Waals surface area contributed by atoms with E-state index in [1.165, 1.54) is 13.0 Å². The van der Waals surface area contributed by atoms with E-state index in [-0.39, 0.29) is 11.6 Å². The van der Waals surface area contributed by atoms with Crippen LogP contribution in [0.3, 0.4) is 0 Å². The zero-order chi connectivity index (χ0) is 15.4. The van der Waals surface area contributed by atoms with E-state index in [1.807, 2.05) is 30.3 Å². The molecule has 0 aliphatic carbocycles. The zero-order valence-corrected chi connectivity index (χ0v) is 13.0. The minimum atomic E-state index is -0.864. The van der Waals surface area contributed by atoms with Crippen molar-refractivity contribution in [3.8, 4) is 0 Å². The van der Waals surface area contributed by atoms with Gasteiger partial charge >= 0.3 is 0 Å². The molecular weight excluding hydrogens is 340 g/mol. The van der Waals surface area contributed by atoms with Crippen LogP contribution in [-0.2, 0) is 0 Å². The fourth-order valence-corrected chi connectivity index (χ4v) is 2.53. The third-order valence-electron chi connectivity index (χ3n) is 3.17. The van der Waals surface area contributed by atoms with E-state index in [2.05, 4.69) is 21.2 Å². The number of benzene rings is 2. The first-order valence-corrected chi connectivity index (χ1v) is 7.53. The largest absolute Gasteiger partial charge is 0.344 e. The minimum absolute atomic E-state index is 0.233. The molecule has 1 unspecified atom stereocenters. The quantitative estimate of drug-likeness (QED) is 0.822. The predicted octanol–water partition coefficient (Wildman–Crippen LogP) is 4.14. The number of rotatable bonds is 4. The zero-order valence-electron chi connectivity index (χ0n) is 11.4. The highest BCUT2D eigenvalue weighted by Crippen LogP contribution is 2.19. The number of carbonyl (C=O) groups excluding carboxylic acids is 1. The smallest absolute Gasteiger partial charge is 0.257 e. The van der Waals surface area contributed by atoms with Crippen LogP contribution in [-0.4, -0.2) is 11.2 Å². The molecule has 0 bridgehead atoms. The molecule has 2 aromatic rings. The molecular formula is C16H14BrF2NO. The summed E-state index contributed by atoms with van der Waals surface area (Å²) in [6.07, 6.45) is 0. The van der Waals surface area contributed by atoms with Crippen LogP contribution in [0.5, 0.6) is 0 Å². The van der Waals surface area contributed by atoms with E-state index >= 15 is 0 Å². The van der Waals surface area contributed by atoms with Crippen LogP contribution in [0.2, 0.25) is 0 Å². The first kappa shape index (κ1) is 15.6. The lowest BCUT2D eigenvalue weighted by Gasteiger charge is -2.17. The van der Waals surface area contributed by atoms with E-state index in [4.69, 9.17) is 0 Å². The SMILES string of the molecule is Cc1ccc(F)c(C(=O)NC(CBr)c2ccccc2)c1F. The van der Waals surface area contributed by atoms with Crippen LogP contribution < -0.4 is 5.32 Å². The number of aryl methyl sites for hydroxylation is 1. The lowest BCUT2D eigenvalue weighted by Crippen LogP contribution is -2.31. The van der Waals surface area contributed by atoms with Gasteiger partial charge in [-0.2, -0.15) is 0 Å². The lowest BCUT2D eigenvalue weighted by molar-refractivity contribution is 0.0932. The summed E-state index contributed by atoms with van der Waals surface area (Å²) in [5.74, 6) is -2.45. The highest BCUT2D eigenvalue weighted by molar-refractivity contribution is 9.09. The topological polar surface area (TPSA) is 29.1 Å². The molecule has 0 heterocycles. The molecule has 2 nitrogen and oxygen atoms in total. The Labute approximate surface area is 130 Å². The molecule has 0 saturated carbocycles. The van der Waals surface area contributed by atoms with Crippen molar-refractivity contribution in [2.24, 2.45) is 0 Å². The molecule has 2 rings (SSSR count). The summed E-state index contributed by atoms with van der Waals surface area (Å²) in [7, 11) is 0. The highest BCUT2D eigenvalue weighted by Gasteiger charge is 2.22. The van der Waals surface area contributed by atoms with Crippen molar-refractivity contribution in [1.82, 2.24) is 5.32 Å². The number of halogens is 3. The molecule has 1 atom stereocenters. The second-order valence-electron chi connectivity index (χ2n) is 4.64. The van der Waals surface area contributed by atoms with Crippen LogP contribution in [0.1, 0.15) is 27.5 Å². The van der Waals surface area contributed by atoms with Crippen molar-refractivity contribution in [3.63, 3.8) is 0 Å². The normalized spacial score (nSPS) is 12.0. The van der Waals surface area contributed by atoms with Crippen molar-refractivity contribution < 1.29 is 13.6 Å². The Morgan fingerprint density at radius 1 is 1.19 bits per heavy atom. The van der Waals surface area contributed by atoms with E-state index in [9.17, 15) is 13.6 Å². The van der Waals surface area contributed by atoms with Crippen molar-refractivity contribution in [2.75, 3.05) is 5.33 Å². The maximum atomic E-state index is 14.0. The van der Waals surface area contributed by atoms with Crippen LogP contribution in [0.4, 0.5) is 8.78 Å². The molecule has 2 aromatic carbocycles. The Bertz CT molecular complexity index is 646. The van der Waals surface area contributed by atoms with Crippen molar-refractivity contribution >= 4 is 21.8 Å². The number of hydrogen-bond donors (Lipinski definition) is 1. The lowest BCUT2D eigenvalue weighted by atomic mass is 10.1. The summed E-state index contributed by atoms with van der Waals surface area (Å²) in [6, 6.07) is 11.3. The maximum Gasteiger partial charge on any atom is 0.257 e. The Kier molecular flexibility index (Phi) is 5.07. The molecule has 0 aromatic heterocycles. The number of amides is 1. The Hall–Kier alpha value is -1.75. The molecule has 0 aliphatic rings. The number of carbonyl (C=O) groups is 1. The summed E-state index contributed by atoms with van der Waals surface area (Å²) in [4.78, 5) is 12.2. The van der Waals surface area contributed by atoms with Gasteiger partial charge in [0.05, 0.1) is 6.04 Å². The average molecular weight is 354 g/mol. The molecule has 0 saturated heterocycles. The van der Waals surface area contributed by atoms with Crippen molar-refractivity contribution in [3.05, 3.63) is 70.8 Å². The van der Waals surface area contributed by atoms with Crippen LogP contribution >= 0.6 is 15.9 Å². The molecule has 5 heteroatoms. The number of hydrogen-bond acceptors (Lipinski definition) is 1. The van der Waals surface area contributed by atoms with E-state index < -0.39 is 23.1 Å². The Morgan fingerprint density at radius 2 is 1.86 bits per heavy atom. The fraction of sp³-hybridized carbons (Fsp3) is 0.188. The Balaban J connectivity index is 2.27. The van der Waals surface area contributed by atoms with Crippen LogP contribution in [0.15, 0.2) is 42.5 Å². The van der Waals surface area contributed by atoms with Gasteiger partial charge in [0.15, 0.2) is 0 Å². The van der Waals surface area contributed by atoms with Gasteiger partial charge in [-0.05, 0) is 24.1 Å². The van der Waals surface area contributed by atoms with E-state index in [1.54, 1.807) is 0 Å². The third kappa shape index (κ3) is 3.47. The van der Waals surface area contributed by atoms with Crippen LogP contribution in [0.25, 0.3) is 0 Å². The molecule has 1 amide bonds. The average Bonchev–Trinajstić information content (AvgIpc) is 2.50. The third-order valence-corrected chi connectivity index (χ3v) is 3.82. The van der Waals surface area contributed by atoms with Gasteiger partial charge in [0.25, 0.3) is 5.91 Å². The number of nitrogens with one attached hydrogen (secondary N) is 1. The van der Waals surface area contributed by atoms with Crippen molar-refractivity contribution in [2.45, 2.75) is 13.0 Å². The van der Waals surface area contributed by atoms with Gasteiger partial charge in [0.1, 0.15) is 17.2 Å². The van der Waals surface area contributed by atoms with Gasteiger partial charge in [-0.25, -0.2) is 8.78 Å². The second-order valence-corrected chi connectivity index (χ2v) is 5.29. The predicted molar refractivity (Wildman–Crippen MR) is 81.5 cm³/mol. The fourth-order valence-electron chi connectivity index (χ4n) is 1.99. The summed E-state index contributed by atoms with van der Waals surface area (Å²) >= 11 is 3.30. The minimum Gasteiger partial charge on any atom is -0.344 e. The van der Waals surface area contributed by atoms with Gasteiger partial charge in [0, 0.05) is 5.33 Å². The van der Waals surface area contributed by atoms with Gasteiger partial charge in [-0.15, -0.1) is 0 Å².